The van der Waals surface area contributed by atoms with Crippen LogP contribution in [-0.2, 0) is 0 Å². The molecule has 78 valence electrons. The lowest BCUT2D eigenvalue weighted by Crippen LogP contribution is -2.28. The van der Waals surface area contributed by atoms with Gasteiger partial charge in [-0.05, 0) is 37.1 Å². The van der Waals surface area contributed by atoms with Gasteiger partial charge in [-0.2, -0.15) is 0 Å². The van der Waals surface area contributed by atoms with E-state index in [9.17, 15) is 0 Å². The van der Waals surface area contributed by atoms with Gasteiger partial charge >= 0.3 is 0 Å². The molecule has 0 bridgehead atoms. The molecule has 14 heavy (non-hydrogen) atoms. The number of rotatable bonds is 4. The summed E-state index contributed by atoms with van der Waals surface area (Å²) in [4.78, 5) is 0. The van der Waals surface area contributed by atoms with Crippen LogP contribution >= 0.6 is 0 Å². The number of aryl methyl sites for hydroxylation is 2. The monoisotopic (exact) mass is 195 g/mol. The van der Waals surface area contributed by atoms with Crippen LogP contribution in [-0.4, -0.2) is 13.8 Å². The Morgan fingerprint density at radius 1 is 1.29 bits per heavy atom. The van der Waals surface area contributed by atoms with E-state index in [0.29, 0.717) is 6.67 Å². The van der Waals surface area contributed by atoms with Crippen molar-refractivity contribution in [1.29, 1.82) is 0 Å². The van der Waals surface area contributed by atoms with Crippen molar-refractivity contribution in [1.82, 2.24) is 5.43 Å². The van der Waals surface area contributed by atoms with Crippen molar-refractivity contribution in [2.75, 3.05) is 19.1 Å². The molecule has 0 heterocycles. The summed E-state index contributed by atoms with van der Waals surface area (Å²) in [6.45, 7) is 4.64. The number of hydrogen-bond acceptors (Lipinski definition) is 4. The average Bonchev–Trinajstić information content (AvgIpc) is 2.19. The van der Waals surface area contributed by atoms with Crippen LogP contribution in [0.5, 0.6) is 5.75 Å². The molecule has 1 rings (SSSR count). The van der Waals surface area contributed by atoms with Gasteiger partial charge in [0.25, 0.3) is 0 Å². The van der Waals surface area contributed by atoms with Gasteiger partial charge in [-0.25, -0.2) is 5.43 Å². The maximum atomic E-state index is 5.25. The molecule has 1 aromatic carbocycles. The van der Waals surface area contributed by atoms with Gasteiger partial charge in [0.1, 0.15) is 5.75 Å². The SMILES string of the molecule is COc1cc(C)c(C)cc1NCNN. The Balaban J connectivity index is 2.95. The normalized spacial score (nSPS) is 10.0. The van der Waals surface area contributed by atoms with Crippen molar-refractivity contribution in [2.24, 2.45) is 5.84 Å². The highest BCUT2D eigenvalue weighted by atomic mass is 16.5. The Hall–Kier alpha value is -1.26. The van der Waals surface area contributed by atoms with Crippen LogP contribution in [0.2, 0.25) is 0 Å². The van der Waals surface area contributed by atoms with Crippen LogP contribution in [0.15, 0.2) is 12.1 Å². The molecule has 0 unspecified atom stereocenters. The Bertz CT molecular complexity index is 312. The average molecular weight is 195 g/mol. The zero-order chi connectivity index (χ0) is 10.6. The van der Waals surface area contributed by atoms with Crippen LogP contribution in [0.3, 0.4) is 0 Å². The molecule has 0 saturated heterocycles. The highest BCUT2D eigenvalue weighted by Gasteiger charge is 2.04. The zero-order valence-corrected chi connectivity index (χ0v) is 8.85. The lowest BCUT2D eigenvalue weighted by molar-refractivity contribution is 0.416. The third kappa shape index (κ3) is 2.37. The largest absolute Gasteiger partial charge is 0.495 e. The Morgan fingerprint density at radius 3 is 2.50 bits per heavy atom. The molecule has 1 aromatic rings. The summed E-state index contributed by atoms with van der Waals surface area (Å²) in [5.41, 5.74) is 5.93. The summed E-state index contributed by atoms with van der Waals surface area (Å²) in [5.74, 6) is 6.02. The van der Waals surface area contributed by atoms with Crippen LogP contribution in [0, 0.1) is 13.8 Å². The number of nitrogens with two attached hydrogens (primary N) is 1. The van der Waals surface area contributed by atoms with E-state index in [1.165, 1.54) is 11.1 Å². The van der Waals surface area contributed by atoms with Crippen molar-refractivity contribution in [3.05, 3.63) is 23.3 Å². The summed E-state index contributed by atoms with van der Waals surface area (Å²) in [6, 6.07) is 4.06. The van der Waals surface area contributed by atoms with E-state index in [2.05, 4.69) is 24.6 Å². The van der Waals surface area contributed by atoms with E-state index in [4.69, 9.17) is 10.6 Å². The van der Waals surface area contributed by atoms with E-state index in [-0.39, 0.29) is 0 Å². The molecule has 0 fully saturated rings. The minimum Gasteiger partial charge on any atom is -0.495 e. The summed E-state index contributed by atoms with van der Waals surface area (Å²) >= 11 is 0. The molecule has 0 radical (unpaired) electrons. The van der Waals surface area contributed by atoms with Crippen molar-refractivity contribution < 1.29 is 4.74 Å². The summed E-state index contributed by atoms with van der Waals surface area (Å²) in [6.07, 6.45) is 0. The molecule has 4 heteroatoms. The molecule has 0 aliphatic rings. The fraction of sp³-hybridized carbons (Fsp3) is 0.400. The third-order valence-electron chi connectivity index (χ3n) is 2.20. The van der Waals surface area contributed by atoms with Gasteiger partial charge in [-0.15, -0.1) is 0 Å². The molecule has 0 aliphatic carbocycles. The number of anilines is 1. The van der Waals surface area contributed by atoms with Crippen molar-refractivity contribution in [3.8, 4) is 5.75 Å². The molecule has 0 aromatic heterocycles. The molecule has 0 aliphatic heterocycles. The summed E-state index contributed by atoms with van der Waals surface area (Å²) < 4.78 is 5.25. The van der Waals surface area contributed by atoms with Crippen molar-refractivity contribution in [3.63, 3.8) is 0 Å². The van der Waals surface area contributed by atoms with E-state index in [1.54, 1.807) is 7.11 Å². The van der Waals surface area contributed by atoms with E-state index >= 15 is 0 Å². The Labute approximate surface area is 84.4 Å². The predicted molar refractivity (Wildman–Crippen MR) is 58.3 cm³/mol. The first-order valence-corrected chi connectivity index (χ1v) is 4.51. The van der Waals surface area contributed by atoms with Gasteiger partial charge in [0.05, 0.1) is 19.5 Å². The quantitative estimate of drug-likeness (QED) is 0.383. The second kappa shape index (κ2) is 4.83. The van der Waals surface area contributed by atoms with E-state index in [1.807, 2.05) is 12.1 Å². The molecular formula is C10H17N3O. The van der Waals surface area contributed by atoms with E-state index < -0.39 is 0 Å². The minimum absolute atomic E-state index is 0.513. The van der Waals surface area contributed by atoms with Gasteiger partial charge in [-0.3, -0.25) is 5.84 Å². The molecule has 4 N–H and O–H groups in total. The highest BCUT2D eigenvalue weighted by Crippen LogP contribution is 2.27. The highest BCUT2D eigenvalue weighted by molar-refractivity contribution is 5.59. The smallest absolute Gasteiger partial charge is 0.142 e. The topological polar surface area (TPSA) is 59.3 Å². The first-order chi connectivity index (χ1) is 6.69. The molecule has 0 spiro atoms. The standard InChI is InChI=1S/C10H17N3O/c1-7-4-9(12-6-13-11)10(14-3)5-8(7)2/h4-5,12-13H,6,11H2,1-3H3. The number of hydrogen-bond donors (Lipinski definition) is 3. The number of nitrogens with one attached hydrogen (secondary N) is 2. The van der Waals surface area contributed by atoms with Crippen LogP contribution < -0.4 is 21.3 Å². The number of methoxy groups -OCH3 is 1. The van der Waals surface area contributed by atoms with Gasteiger partial charge in [-0.1, -0.05) is 0 Å². The second-order valence-corrected chi connectivity index (χ2v) is 3.19. The molecule has 0 atom stereocenters. The van der Waals surface area contributed by atoms with Gasteiger partial charge in [0.15, 0.2) is 0 Å². The number of hydrazine groups is 1. The molecular weight excluding hydrogens is 178 g/mol. The van der Waals surface area contributed by atoms with Crippen molar-refractivity contribution >= 4 is 5.69 Å². The van der Waals surface area contributed by atoms with Gasteiger partial charge < -0.3 is 10.1 Å². The van der Waals surface area contributed by atoms with Gasteiger partial charge in [0, 0.05) is 0 Å². The van der Waals surface area contributed by atoms with Crippen molar-refractivity contribution in [2.45, 2.75) is 13.8 Å². The fourth-order valence-corrected chi connectivity index (χ4v) is 1.24. The maximum Gasteiger partial charge on any atom is 0.142 e. The Morgan fingerprint density at radius 2 is 1.93 bits per heavy atom. The van der Waals surface area contributed by atoms with Crippen LogP contribution in [0.25, 0.3) is 0 Å². The van der Waals surface area contributed by atoms with Crippen LogP contribution in [0.1, 0.15) is 11.1 Å². The molecule has 0 amide bonds. The predicted octanol–water partition coefficient (Wildman–Crippen LogP) is 1.14. The number of ether oxygens (including phenoxy) is 1. The lowest BCUT2D eigenvalue weighted by Gasteiger charge is -2.13. The molecule has 0 saturated carbocycles. The second-order valence-electron chi connectivity index (χ2n) is 3.19. The fourth-order valence-electron chi connectivity index (χ4n) is 1.24. The summed E-state index contributed by atoms with van der Waals surface area (Å²) in [7, 11) is 1.66. The zero-order valence-electron chi connectivity index (χ0n) is 8.85. The van der Waals surface area contributed by atoms with Crippen LogP contribution in [0.4, 0.5) is 5.69 Å². The first kappa shape index (κ1) is 10.8. The maximum absolute atomic E-state index is 5.25. The minimum atomic E-state index is 0.513. The van der Waals surface area contributed by atoms with E-state index in [0.717, 1.165) is 11.4 Å². The lowest BCUT2D eigenvalue weighted by atomic mass is 10.1. The van der Waals surface area contributed by atoms with Gasteiger partial charge in [0.2, 0.25) is 0 Å². The summed E-state index contributed by atoms with van der Waals surface area (Å²) in [5, 5.41) is 3.12. The first-order valence-electron chi connectivity index (χ1n) is 4.51. The Kier molecular flexibility index (Phi) is 3.73. The molecule has 4 nitrogen and oxygen atoms in total. The third-order valence-corrected chi connectivity index (χ3v) is 2.20. The number of benzene rings is 1.